The number of benzene rings is 3. The first-order chi connectivity index (χ1) is 10.7. The molecule has 0 amide bonds. The van der Waals surface area contributed by atoms with Gasteiger partial charge in [-0.2, -0.15) is 0 Å². The Kier molecular flexibility index (Phi) is 3.21. The standard InChI is InChI=1S/C18H10Cl2N2/c19-17-10-16(21-18(20)22-17)15-9-11-5-1-2-6-12(11)13-7-3-4-8-14(13)15/h1-10H. The maximum Gasteiger partial charge on any atom is 0.224 e. The van der Waals surface area contributed by atoms with Gasteiger partial charge in [0.2, 0.25) is 5.28 Å². The largest absolute Gasteiger partial charge is 0.224 e. The Morgan fingerprint density at radius 1 is 0.682 bits per heavy atom. The minimum absolute atomic E-state index is 0.153. The number of nitrogens with zero attached hydrogens (tertiary/aromatic N) is 2. The lowest BCUT2D eigenvalue weighted by atomic mass is 9.96. The first-order valence-corrected chi connectivity index (χ1v) is 7.59. The molecule has 0 aliphatic rings. The highest BCUT2D eigenvalue weighted by atomic mass is 35.5. The first-order valence-electron chi connectivity index (χ1n) is 6.83. The fraction of sp³-hybridized carbons (Fsp3) is 0. The fourth-order valence-electron chi connectivity index (χ4n) is 2.79. The average molecular weight is 325 g/mol. The Balaban J connectivity index is 2.15. The van der Waals surface area contributed by atoms with Gasteiger partial charge < -0.3 is 0 Å². The van der Waals surface area contributed by atoms with E-state index in [1.54, 1.807) is 6.07 Å². The van der Waals surface area contributed by atoms with Gasteiger partial charge in [0.25, 0.3) is 0 Å². The van der Waals surface area contributed by atoms with E-state index in [0.717, 1.165) is 22.0 Å². The van der Waals surface area contributed by atoms with E-state index in [1.165, 1.54) is 10.8 Å². The second-order valence-electron chi connectivity index (χ2n) is 5.04. The summed E-state index contributed by atoms with van der Waals surface area (Å²) in [5, 5.41) is 5.16. The van der Waals surface area contributed by atoms with Crippen molar-refractivity contribution in [1.82, 2.24) is 9.97 Å². The molecular formula is C18H10Cl2N2. The van der Waals surface area contributed by atoms with Crippen LogP contribution in [0.15, 0.2) is 60.7 Å². The van der Waals surface area contributed by atoms with E-state index >= 15 is 0 Å². The van der Waals surface area contributed by atoms with Crippen LogP contribution in [0.5, 0.6) is 0 Å². The van der Waals surface area contributed by atoms with Crippen LogP contribution in [0.3, 0.4) is 0 Å². The summed E-state index contributed by atoms with van der Waals surface area (Å²) in [5.74, 6) is 0. The monoisotopic (exact) mass is 324 g/mol. The van der Waals surface area contributed by atoms with Crippen molar-refractivity contribution in [2.24, 2.45) is 0 Å². The molecule has 1 aromatic heterocycles. The number of halogens is 2. The summed E-state index contributed by atoms with van der Waals surface area (Å²) in [6.07, 6.45) is 0. The molecule has 4 heteroatoms. The van der Waals surface area contributed by atoms with E-state index in [2.05, 4.69) is 40.3 Å². The van der Waals surface area contributed by atoms with Crippen LogP contribution in [0.25, 0.3) is 32.8 Å². The second kappa shape index (κ2) is 5.24. The van der Waals surface area contributed by atoms with Crippen LogP contribution >= 0.6 is 23.2 Å². The zero-order valence-corrected chi connectivity index (χ0v) is 12.9. The summed E-state index contributed by atoms with van der Waals surface area (Å²) in [6.45, 7) is 0. The van der Waals surface area contributed by atoms with Gasteiger partial charge in [0.1, 0.15) is 5.15 Å². The smallest absolute Gasteiger partial charge is 0.218 e. The minimum atomic E-state index is 0.153. The van der Waals surface area contributed by atoms with Crippen molar-refractivity contribution in [3.8, 4) is 11.3 Å². The molecule has 4 aromatic rings. The third-order valence-corrected chi connectivity index (χ3v) is 4.07. The third-order valence-electron chi connectivity index (χ3n) is 3.71. The van der Waals surface area contributed by atoms with Crippen LogP contribution in [0.2, 0.25) is 10.4 Å². The summed E-state index contributed by atoms with van der Waals surface area (Å²) in [4.78, 5) is 8.25. The molecule has 0 atom stereocenters. The van der Waals surface area contributed by atoms with Crippen molar-refractivity contribution in [3.63, 3.8) is 0 Å². The number of aromatic nitrogens is 2. The second-order valence-corrected chi connectivity index (χ2v) is 5.76. The zero-order chi connectivity index (χ0) is 15.1. The molecule has 4 rings (SSSR count). The number of fused-ring (bicyclic) bond motifs is 3. The van der Waals surface area contributed by atoms with Crippen LogP contribution in [0, 0.1) is 0 Å². The van der Waals surface area contributed by atoms with Crippen molar-refractivity contribution in [3.05, 3.63) is 71.1 Å². The van der Waals surface area contributed by atoms with Crippen LogP contribution in [0.4, 0.5) is 0 Å². The van der Waals surface area contributed by atoms with Crippen molar-refractivity contribution >= 4 is 44.7 Å². The Morgan fingerprint density at radius 2 is 1.36 bits per heavy atom. The topological polar surface area (TPSA) is 25.8 Å². The van der Waals surface area contributed by atoms with Crippen LogP contribution in [-0.4, -0.2) is 9.97 Å². The lowest BCUT2D eigenvalue weighted by Crippen LogP contribution is -1.90. The Morgan fingerprint density at radius 3 is 2.14 bits per heavy atom. The molecule has 1 heterocycles. The SMILES string of the molecule is Clc1cc(-c2cc3ccccc3c3ccccc23)nc(Cl)n1. The maximum absolute atomic E-state index is 6.03. The maximum atomic E-state index is 6.03. The molecule has 0 fully saturated rings. The Hall–Kier alpha value is -2.16. The van der Waals surface area contributed by atoms with Crippen molar-refractivity contribution < 1.29 is 0 Å². The van der Waals surface area contributed by atoms with Gasteiger partial charge in [-0.3, -0.25) is 0 Å². The molecule has 0 aliphatic carbocycles. The molecule has 0 aliphatic heterocycles. The highest BCUT2D eigenvalue weighted by molar-refractivity contribution is 6.32. The molecule has 22 heavy (non-hydrogen) atoms. The molecule has 3 aromatic carbocycles. The summed E-state index contributed by atoms with van der Waals surface area (Å²) < 4.78 is 0. The molecule has 0 unspecified atom stereocenters. The van der Waals surface area contributed by atoms with E-state index in [1.807, 2.05) is 24.3 Å². The highest BCUT2D eigenvalue weighted by Gasteiger charge is 2.11. The van der Waals surface area contributed by atoms with Crippen molar-refractivity contribution in [2.75, 3.05) is 0 Å². The lowest BCUT2D eigenvalue weighted by molar-refractivity contribution is 1.17. The van der Waals surface area contributed by atoms with E-state index in [9.17, 15) is 0 Å². The average Bonchev–Trinajstić information content (AvgIpc) is 2.53. The Labute approximate surface area is 137 Å². The Bertz CT molecular complexity index is 992. The molecule has 0 saturated carbocycles. The molecule has 2 nitrogen and oxygen atoms in total. The lowest BCUT2D eigenvalue weighted by Gasteiger charge is -2.10. The summed E-state index contributed by atoms with van der Waals surface area (Å²) in [7, 11) is 0. The van der Waals surface area contributed by atoms with Gasteiger partial charge in [0.05, 0.1) is 5.69 Å². The zero-order valence-electron chi connectivity index (χ0n) is 11.4. The third kappa shape index (κ3) is 2.21. The summed E-state index contributed by atoms with van der Waals surface area (Å²) in [5.41, 5.74) is 1.73. The summed E-state index contributed by atoms with van der Waals surface area (Å²) in [6, 6.07) is 20.4. The van der Waals surface area contributed by atoms with E-state index in [4.69, 9.17) is 23.2 Å². The first kappa shape index (κ1) is 13.5. The molecule has 0 bridgehead atoms. The van der Waals surface area contributed by atoms with Crippen LogP contribution in [0.1, 0.15) is 0 Å². The van der Waals surface area contributed by atoms with Gasteiger partial charge in [-0.25, -0.2) is 9.97 Å². The number of rotatable bonds is 1. The molecule has 0 saturated heterocycles. The van der Waals surface area contributed by atoms with Gasteiger partial charge >= 0.3 is 0 Å². The van der Waals surface area contributed by atoms with Crippen molar-refractivity contribution in [2.45, 2.75) is 0 Å². The minimum Gasteiger partial charge on any atom is -0.218 e. The fourth-order valence-corrected chi connectivity index (χ4v) is 3.20. The highest BCUT2D eigenvalue weighted by Crippen LogP contribution is 2.34. The van der Waals surface area contributed by atoms with E-state index in [0.29, 0.717) is 5.15 Å². The molecule has 0 radical (unpaired) electrons. The summed E-state index contributed by atoms with van der Waals surface area (Å²) >= 11 is 12.0. The van der Waals surface area contributed by atoms with Gasteiger partial charge in [-0.15, -0.1) is 0 Å². The number of hydrogen-bond acceptors (Lipinski definition) is 2. The van der Waals surface area contributed by atoms with Gasteiger partial charge in [0.15, 0.2) is 0 Å². The molecule has 0 spiro atoms. The van der Waals surface area contributed by atoms with E-state index < -0.39 is 0 Å². The van der Waals surface area contributed by atoms with Crippen molar-refractivity contribution in [1.29, 1.82) is 0 Å². The molecule has 106 valence electrons. The number of hydrogen-bond donors (Lipinski definition) is 0. The van der Waals surface area contributed by atoms with Gasteiger partial charge in [-0.05, 0) is 39.2 Å². The predicted octanol–water partition coefficient (Wildman–Crippen LogP) is 5.76. The van der Waals surface area contributed by atoms with Gasteiger partial charge in [0, 0.05) is 11.6 Å². The van der Waals surface area contributed by atoms with E-state index in [-0.39, 0.29) is 5.28 Å². The van der Waals surface area contributed by atoms with Crippen LogP contribution < -0.4 is 0 Å². The molecule has 0 N–H and O–H groups in total. The van der Waals surface area contributed by atoms with Gasteiger partial charge in [-0.1, -0.05) is 60.1 Å². The normalized spacial score (nSPS) is 11.2. The molecular weight excluding hydrogens is 315 g/mol. The predicted molar refractivity (Wildman–Crippen MR) is 92.5 cm³/mol. The van der Waals surface area contributed by atoms with Crippen LogP contribution in [-0.2, 0) is 0 Å². The quantitative estimate of drug-likeness (QED) is 0.253.